The summed E-state index contributed by atoms with van der Waals surface area (Å²) >= 11 is 0. The number of aromatic nitrogens is 2. The Morgan fingerprint density at radius 2 is 1.83 bits per heavy atom. The van der Waals surface area contributed by atoms with Gasteiger partial charge in [0.25, 0.3) is 11.5 Å². The first-order valence-corrected chi connectivity index (χ1v) is 9.54. The van der Waals surface area contributed by atoms with E-state index in [1.54, 1.807) is 36.7 Å². The summed E-state index contributed by atoms with van der Waals surface area (Å²) in [5, 5.41) is 3.15. The highest BCUT2D eigenvalue weighted by atomic mass is 19.1. The zero-order valence-electron chi connectivity index (χ0n) is 16.6. The van der Waals surface area contributed by atoms with Crippen molar-refractivity contribution >= 4 is 22.5 Å². The second kappa shape index (κ2) is 7.91. The molecule has 1 amide bonds. The number of rotatable bonds is 4. The van der Waals surface area contributed by atoms with Gasteiger partial charge in [0.05, 0.1) is 28.7 Å². The molecule has 0 unspecified atom stereocenters. The van der Waals surface area contributed by atoms with E-state index in [1.807, 2.05) is 30.3 Å². The van der Waals surface area contributed by atoms with Gasteiger partial charge in [-0.1, -0.05) is 30.3 Å². The number of anilines is 1. The summed E-state index contributed by atoms with van der Waals surface area (Å²) in [4.78, 5) is 30.3. The number of hydrogen-bond donors (Lipinski definition) is 1. The van der Waals surface area contributed by atoms with Gasteiger partial charge in [-0.3, -0.25) is 14.6 Å². The Morgan fingerprint density at radius 1 is 1.07 bits per heavy atom. The van der Waals surface area contributed by atoms with Gasteiger partial charge in [0, 0.05) is 11.9 Å². The Balaban J connectivity index is 1.71. The second-order valence-corrected chi connectivity index (χ2v) is 7.20. The zero-order valence-corrected chi connectivity index (χ0v) is 16.6. The van der Waals surface area contributed by atoms with E-state index in [0.717, 1.165) is 5.56 Å². The maximum Gasteiger partial charge on any atom is 0.260 e. The minimum absolute atomic E-state index is 0.212. The van der Waals surface area contributed by atoms with E-state index in [2.05, 4.69) is 10.3 Å². The fraction of sp³-hybridized carbons (Fsp3) is 0.125. The number of amides is 1. The lowest BCUT2D eigenvalue weighted by Crippen LogP contribution is -2.22. The topological polar surface area (TPSA) is 64.0 Å². The van der Waals surface area contributed by atoms with Crippen molar-refractivity contribution in [2.75, 3.05) is 5.32 Å². The molecule has 0 aliphatic rings. The molecular weight excluding hydrogens is 381 g/mol. The van der Waals surface area contributed by atoms with Gasteiger partial charge in [-0.25, -0.2) is 4.39 Å². The Kier molecular flexibility index (Phi) is 5.14. The fourth-order valence-corrected chi connectivity index (χ4v) is 3.40. The standard InChI is InChI=1S/C24H20FN3O2/c1-15-12-18(25)8-9-21(15)27-23(29)19-13-20-22(26-16(19)2)10-11-28(24(20)30)14-17-6-4-3-5-7-17/h3-13H,14H2,1-2H3,(H,27,29). The van der Waals surface area contributed by atoms with Crippen LogP contribution in [0.15, 0.2) is 71.7 Å². The van der Waals surface area contributed by atoms with Crippen molar-refractivity contribution < 1.29 is 9.18 Å². The van der Waals surface area contributed by atoms with Gasteiger partial charge in [0.15, 0.2) is 0 Å². The largest absolute Gasteiger partial charge is 0.322 e. The molecule has 0 bridgehead atoms. The number of aryl methyl sites for hydroxylation is 2. The molecule has 5 nitrogen and oxygen atoms in total. The number of halogens is 1. The van der Waals surface area contributed by atoms with Gasteiger partial charge in [-0.2, -0.15) is 0 Å². The molecule has 1 N–H and O–H groups in total. The lowest BCUT2D eigenvalue weighted by molar-refractivity contribution is 0.102. The first kappa shape index (κ1) is 19.5. The molecule has 6 heteroatoms. The Hall–Kier alpha value is -3.80. The minimum Gasteiger partial charge on any atom is -0.322 e. The molecule has 0 saturated carbocycles. The average molecular weight is 401 g/mol. The van der Waals surface area contributed by atoms with Crippen LogP contribution in [0, 0.1) is 19.7 Å². The summed E-state index contributed by atoms with van der Waals surface area (Å²) < 4.78 is 14.9. The van der Waals surface area contributed by atoms with E-state index in [-0.39, 0.29) is 11.4 Å². The number of fused-ring (bicyclic) bond motifs is 1. The van der Waals surface area contributed by atoms with E-state index in [4.69, 9.17) is 0 Å². The van der Waals surface area contributed by atoms with Crippen LogP contribution in [0.25, 0.3) is 10.9 Å². The molecule has 0 atom stereocenters. The number of nitrogens with zero attached hydrogens (tertiary/aromatic N) is 2. The van der Waals surface area contributed by atoms with Crippen LogP contribution in [0.1, 0.15) is 27.2 Å². The molecule has 0 aliphatic heterocycles. The quantitative estimate of drug-likeness (QED) is 0.549. The van der Waals surface area contributed by atoms with E-state index in [1.165, 1.54) is 18.2 Å². The highest BCUT2D eigenvalue weighted by Crippen LogP contribution is 2.19. The molecule has 30 heavy (non-hydrogen) atoms. The third-order valence-corrected chi connectivity index (χ3v) is 5.02. The summed E-state index contributed by atoms with van der Waals surface area (Å²) in [6, 6.07) is 17.2. The van der Waals surface area contributed by atoms with Crippen molar-refractivity contribution in [3.05, 3.63) is 105 Å². The molecule has 0 saturated heterocycles. The maximum absolute atomic E-state index is 13.3. The lowest BCUT2D eigenvalue weighted by Gasteiger charge is -2.12. The minimum atomic E-state index is -0.394. The predicted octanol–water partition coefficient (Wildman–Crippen LogP) is 4.45. The second-order valence-electron chi connectivity index (χ2n) is 7.20. The normalized spacial score (nSPS) is 10.9. The van der Waals surface area contributed by atoms with Gasteiger partial charge in [0.1, 0.15) is 5.82 Å². The summed E-state index contributed by atoms with van der Waals surface area (Å²) in [6.45, 7) is 3.87. The molecule has 150 valence electrons. The van der Waals surface area contributed by atoms with Crippen molar-refractivity contribution in [3.8, 4) is 0 Å². The van der Waals surface area contributed by atoms with Crippen LogP contribution in [0.3, 0.4) is 0 Å². The number of hydrogen-bond acceptors (Lipinski definition) is 3. The highest BCUT2D eigenvalue weighted by molar-refractivity contribution is 6.07. The number of carbonyl (C=O) groups is 1. The molecule has 0 fully saturated rings. The van der Waals surface area contributed by atoms with Crippen LogP contribution < -0.4 is 10.9 Å². The third-order valence-electron chi connectivity index (χ3n) is 5.02. The van der Waals surface area contributed by atoms with Gasteiger partial charge >= 0.3 is 0 Å². The van der Waals surface area contributed by atoms with Crippen molar-refractivity contribution in [2.45, 2.75) is 20.4 Å². The van der Waals surface area contributed by atoms with Gasteiger partial charge in [0.2, 0.25) is 0 Å². The SMILES string of the molecule is Cc1cc(F)ccc1NC(=O)c1cc2c(=O)n(Cc3ccccc3)ccc2nc1C. The Labute approximate surface area is 172 Å². The summed E-state index contributed by atoms with van der Waals surface area (Å²) in [6.07, 6.45) is 1.71. The van der Waals surface area contributed by atoms with E-state index in [0.29, 0.717) is 40.0 Å². The third kappa shape index (κ3) is 3.85. The van der Waals surface area contributed by atoms with Crippen LogP contribution >= 0.6 is 0 Å². The van der Waals surface area contributed by atoms with E-state index >= 15 is 0 Å². The predicted molar refractivity (Wildman–Crippen MR) is 115 cm³/mol. The summed E-state index contributed by atoms with van der Waals surface area (Å²) in [7, 11) is 0. The van der Waals surface area contributed by atoms with Crippen LogP contribution in [-0.4, -0.2) is 15.5 Å². The van der Waals surface area contributed by atoms with Gasteiger partial charge < -0.3 is 9.88 Å². The van der Waals surface area contributed by atoms with Crippen LogP contribution in [0.5, 0.6) is 0 Å². The smallest absolute Gasteiger partial charge is 0.260 e. The number of pyridine rings is 2. The van der Waals surface area contributed by atoms with Crippen molar-refractivity contribution in [3.63, 3.8) is 0 Å². The number of benzene rings is 2. The van der Waals surface area contributed by atoms with E-state index < -0.39 is 5.91 Å². The number of nitrogens with one attached hydrogen (secondary N) is 1. The summed E-state index contributed by atoms with van der Waals surface area (Å²) in [5.74, 6) is -0.762. The maximum atomic E-state index is 13.3. The first-order valence-electron chi connectivity index (χ1n) is 9.54. The highest BCUT2D eigenvalue weighted by Gasteiger charge is 2.15. The molecule has 4 aromatic rings. The van der Waals surface area contributed by atoms with E-state index in [9.17, 15) is 14.0 Å². The molecule has 4 rings (SSSR count). The molecule has 0 radical (unpaired) electrons. The Morgan fingerprint density at radius 3 is 2.57 bits per heavy atom. The van der Waals surface area contributed by atoms with Crippen molar-refractivity contribution in [1.82, 2.24) is 9.55 Å². The first-order chi connectivity index (χ1) is 14.4. The molecular formula is C24H20FN3O2. The monoisotopic (exact) mass is 401 g/mol. The van der Waals surface area contributed by atoms with Crippen LogP contribution in [-0.2, 0) is 6.54 Å². The Bertz CT molecular complexity index is 1310. The van der Waals surface area contributed by atoms with Crippen LogP contribution in [0.4, 0.5) is 10.1 Å². The fourth-order valence-electron chi connectivity index (χ4n) is 3.40. The average Bonchev–Trinajstić information content (AvgIpc) is 2.72. The van der Waals surface area contributed by atoms with Crippen LogP contribution in [0.2, 0.25) is 0 Å². The lowest BCUT2D eigenvalue weighted by atomic mass is 10.1. The van der Waals surface area contributed by atoms with Crippen molar-refractivity contribution in [1.29, 1.82) is 0 Å². The van der Waals surface area contributed by atoms with Crippen molar-refractivity contribution in [2.24, 2.45) is 0 Å². The van der Waals surface area contributed by atoms with Gasteiger partial charge in [-0.05, 0) is 55.3 Å². The molecule has 2 heterocycles. The zero-order chi connectivity index (χ0) is 21.3. The molecule has 0 spiro atoms. The molecule has 0 aliphatic carbocycles. The molecule has 2 aromatic carbocycles. The van der Waals surface area contributed by atoms with Gasteiger partial charge in [-0.15, -0.1) is 0 Å². The molecule has 2 aromatic heterocycles. The summed E-state index contributed by atoms with van der Waals surface area (Å²) in [5.41, 5.74) is 3.27. The number of carbonyl (C=O) groups excluding carboxylic acids is 1.